The number of non-ortho nitro benzene ring substituents is 1. The third kappa shape index (κ3) is 2.42. The first kappa shape index (κ1) is 16.0. The molecule has 0 saturated heterocycles. The van der Waals surface area contributed by atoms with Crippen LogP contribution in [0.4, 0.5) is 15.8 Å². The predicted octanol–water partition coefficient (Wildman–Crippen LogP) is 5.20. The van der Waals surface area contributed by atoms with Crippen LogP contribution in [0.3, 0.4) is 0 Å². The van der Waals surface area contributed by atoms with E-state index in [4.69, 9.17) is 0 Å². The second-order valence-electron chi connectivity index (χ2n) is 7.22. The molecule has 134 valence electrons. The molecule has 2 aliphatic rings. The molecule has 0 bridgehead atoms. The van der Waals surface area contributed by atoms with Crippen molar-refractivity contribution in [2.24, 2.45) is 5.92 Å². The van der Waals surface area contributed by atoms with Crippen molar-refractivity contribution < 1.29 is 9.31 Å². The number of anilines is 1. The molecule has 4 nitrogen and oxygen atoms in total. The van der Waals surface area contributed by atoms with E-state index in [0.29, 0.717) is 5.56 Å². The third-order valence-electron chi connectivity index (χ3n) is 5.83. The van der Waals surface area contributed by atoms with Crippen molar-refractivity contribution in [3.8, 4) is 0 Å². The van der Waals surface area contributed by atoms with Crippen molar-refractivity contribution in [2.75, 3.05) is 5.32 Å². The fraction of sp³-hybridized carbons (Fsp3) is 0.182. The highest BCUT2D eigenvalue weighted by Gasteiger charge is 2.44. The summed E-state index contributed by atoms with van der Waals surface area (Å²) in [5.74, 6) is -0.106. The molecule has 0 saturated carbocycles. The lowest BCUT2D eigenvalue weighted by molar-refractivity contribution is -0.384. The molecule has 3 aromatic carbocycles. The van der Waals surface area contributed by atoms with Crippen molar-refractivity contribution in [3.05, 3.63) is 105 Å². The first-order valence-corrected chi connectivity index (χ1v) is 9.00. The van der Waals surface area contributed by atoms with Gasteiger partial charge in [0.2, 0.25) is 0 Å². The predicted molar refractivity (Wildman–Crippen MR) is 101 cm³/mol. The van der Waals surface area contributed by atoms with Crippen LogP contribution in [-0.4, -0.2) is 4.92 Å². The molecule has 1 aliphatic carbocycles. The van der Waals surface area contributed by atoms with Crippen LogP contribution in [0.1, 0.15) is 34.2 Å². The van der Waals surface area contributed by atoms with Crippen molar-refractivity contribution >= 4 is 11.4 Å². The van der Waals surface area contributed by atoms with E-state index in [1.165, 1.54) is 23.3 Å². The summed E-state index contributed by atoms with van der Waals surface area (Å²) in [4.78, 5) is 10.9. The van der Waals surface area contributed by atoms with Crippen LogP contribution in [0.25, 0.3) is 0 Å². The number of nitro benzene ring substituents is 1. The topological polar surface area (TPSA) is 55.2 Å². The summed E-state index contributed by atoms with van der Waals surface area (Å²) in [5, 5.41) is 14.8. The summed E-state index contributed by atoms with van der Waals surface area (Å²) < 4.78 is 14.6. The Balaban J connectivity index is 1.71. The molecule has 5 rings (SSSR count). The summed E-state index contributed by atoms with van der Waals surface area (Å²) >= 11 is 0. The molecule has 1 N–H and O–H groups in total. The number of hydrogen-bond acceptors (Lipinski definition) is 3. The van der Waals surface area contributed by atoms with Gasteiger partial charge in [-0.2, -0.15) is 0 Å². The number of rotatable bonds is 2. The average molecular weight is 360 g/mol. The molecule has 0 aromatic heterocycles. The zero-order valence-corrected chi connectivity index (χ0v) is 14.4. The van der Waals surface area contributed by atoms with E-state index >= 15 is 0 Å². The Hall–Kier alpha value is -3.21. The van der Waals surface area contributed by atoms with E-state index in [2.05, 4.69) is 17.4 Å². The van der Waals surface area contributed by atoms with Gasteiger partial charge in [0.25, 0.3) is 5.69 Å². The third-order valence-corrected chi connectivity index (χ3v) is 5.83. The number of nitrogens with one attached hydrogen (secondary N) is 1. The molecule has 3 atom stereocenters. The maximum Gasteiger partial charge on any atom is 0.269 e. The number of nitro groups is 1. The van der Waals surface area contributed by atoms with Gasteiger partial charge < -0.3 is 5.32 Å². The Labute approximate surface area is 155 Å². The minimum Gasteiger partial charge on any atom is -0.378 e. The normalized spacial score (nSPS) is 22.3. The summed E-state index contributed by atoms with van der Waals surface area (Å²) in [7, 11) is 0. The first-order valence-electron chi connectivity index (χ1n) is 9.00. The minimum atomic E-state index is -0.362. The Morgan fingerprint density at radius 3 is 2.48 bits per heavy atom. The van der Waals surface area contributed by atoms with Gasteiger partial charge in [-0.1, -0.05) is 42.5 Å². The van der Waals surface area contributed by atoms with Crippen molar-refractivity contribution in [3.63, 3.8) is 0 Å². The molecule has 3 aromatic rings. The van der Waals surface area contributed by atoms with Crippen LogP contribution in [0.5, 0.6) is 0 Å². The molecule has 5 heteroatoms. The lowest BCUT2D eigenvalue weighted by Gasteiger charge is -2.38. The molecule has 1 heterocycles. The molecule has 1 aliphatic heterocycles. The van der Waals surface area contributed by atoms with Crippen LogP contribution < -0.4 is 5.32 Å². The molecule has 0 fully saturated rings. The highest BCUT2D eigenvalue weighted by Crippen LogP contribution is 2.54. The molecule has 0 unspecified atom stereocenters. The monoisotopic (exact) mass is 360 g/mol. The number of hydrogen-bond donors (Lipinski definition) is 1. The standard InChI is InChI=1S/C22H17FN2O2/c23-19-8-4-3-7-16(19)22-18-11-13-5-1-2-6-15(13)21(18)17-12-14(25(26)27)9-10-20(17)24-22/h1-10,12,18,21-22,24H,11H2/t18-,21+,22+/m1/s1. The second kappa shape index (κ2) is 5.91. The number of fused-ring (bicyclic) bond motifs is 5. The van der Waals surface area contributed by atoms with Crippen LogP contribution in [-0.2, 0) is 6.42 Å². The lowest BCUT2D eigenvalue weighted by Crippen LogP contribution is -2.31. The van der Waals surface area contributed by atoms with Gasteiger partial charge in [-0.15, -0.1) is 0 Å². The van der Waals surface area contributed by atoms with Gasteiger partial charge in [-0.25, -0.2) is 4.39 Å². The fourth-order valence-corrected chi connectivity index (χ4v) is 4.70. The largest absolute Gasteiger partial charge is 0.378 e. The van der Waals surface area contributed by atoms with Gasteiger partial charge in [-0.05, 0) is 41.2 Å². The highest BCUT2D eigenvalue weighted by atomic mass is 19.1. The van der Waals surface area contributed by atoms with Crippen molar-refractivity contribution in [1.82, 2.24) is 0 Å². The Bertz CT molecular complexity index is 1070. The first-order chi connectivity index (χ1) is 13.1. The zero-order chi connectivity index (χ0) is 18.5. The molecule has 0 radical (unpaired) electrons. The molecular formula is C22H17FN2O2. The van der Waals surface area contributed by atoms with Crippen LogP contribution >= 0.6 is 0 Å². The quantitative estimate of drug-likeness (QED) is 0.504. The van der Waals surface area contributed by atoms with Crippen molar-refractivity contribution in [2.45, 2.75) is 18.4 Å². The van der Waals surface area contributed by atoms with E-state index in [-0.39, 0.29) is 34.3 Å². The SMILES string of the molecule is O=[N+]([O-])c1ccc2c(c1)[C@@H]1c3ccccc3C[C@H]1[C@H](c1ccccc1F)N2. The average Bonchev–Trinajstić information content (AvgIpc) is 3.07. The van der Waals surface area contributed by atoms with Gasteiger partial charge in [-0.3, -0.25) is 10.1 Å². The van der Waals surface area contributed by atoms with Crippen LogP contribution in [0.2, 0.25) is 0 Å². The van der Waals surface area contributed by atoms with Gasteiger partial charge >= 0.3 is 0 Å². The maximum atomic E-state index is 14.6. The summed E-state index contributed by atoms with van der Waals surface area (Å²) in [6.07, 6.45) is 0.814. The van der Waals surface area contributed by atoms with Crippen LogP contribution in [0.15, 0.2) is 66.7 Å². The van der Waals surface area contributed by atoms with Gasteiger partial charge in [0, 0.05) is 29.3 Å². The van der Waals surface area contributed by atoms with E-state index in [1.54, 1.807) is 18.2 Å². The number of benzene rings is 3. The Kier molecular flexibility index (Phi) is 3.50. The number of nitrogens with zero attached hydrogens (tertiary/aromatic N) is 1. The maximum absolute atomic E-state index is 14.6. The molecule has 0 amide bonds. The van der Waals surface area contributed by atoms with Crippen molar-refractivity contribution in [1.29, 1.82) is 0 Å². The van der Waals surface area contributed by atoms with Gasteiger partial charge in [0.15, 0.2) is 0 Å². The molecule has 27 heavy (non-hydrogen) atoms. The van der Waals surface area contributed by atoms with Crippen LogP contribution in [0, 0.1) is 21.8 Å². The fourth-order valence-electron chi connectivity index (χ4n) is 4.70. The Morgan fingerprint density at radius 1 is 0.963 bits per heavy atom. The van der Waals surface area contributed by atoms with E-state index < -0.39 is 0 Å². The minimum absolute atomic E-state index is 0.0157. The summed E-state index contributed by atoms with van der Waals surface area (Å²) in [6.45, 7) is 0. The van der Waals surface area contributed by atoms with E-state index in [0.717, 1.165) is 17.7 Å². The molecule has 0 spiro atoms. The smallest absolute Gasteiger partial charge is 0.269 e. The summed E-state index contributed by atoms with van der Waals surface area (Å²) in [6, 6.07) is 19.8. The van der Waals surface area contributed by atoms with Gasteiger partial charge in [0.1, 0.15) is 5.82 Å². The Morgan fingerprint density at radius 2 is 1.70 bits per heavy atom. The molecular weight excluding hydrogens is 343 g/mol. The number of halogens is 1. The van der Waals surface area contributed by atoms with Gasteiger partial charge in [0.05, 0.1) is 11.0 Å². The van der Waals surface area contributed by atoms with E-state index in [1.807, 2.05) is 24.3 Å². The summed E-state index contributed by atoms with van der Waals surface area (Å²) in [5.41, 5.74) is 4.91. The highest BCUT2D eigenvalue weighted by molar-refractivity contribution is 5.65. The van der Waals surface area contributed by atoms with E-state index in [9.17, 15) is 14.5 Å². The second-order valence-corrected chi connectivity index (χ2v) is 7.22. The lowest BCUT2D eigenvalue weighted by atomic mass is 9.75. The zero-order valence-electron chi connectivity index (χ0n) is 14.4.